The minimum atomic E-state index is 0.567. The Labute approximate surface area is 123 Å². The summed E-state index contributed by atoms with van der Waals surface area (Å²) in [4.78, 5) is 2.54. The van der Waals surface area contributed by atoms with Gasteiger partial charge in [-0.15, -0.1) is 0 Å². The molecule has 0 fully saturated rings. The van der Waals surface area contributed by atoms with Crippen LogP contribution in [-0.2, 0) is 0 Å². The predicted octanol–water partition coefficient (Wildman–Crippen LogP) is 2.87. The first-order chi connectivity index (χ1) is 9.70. The van der Waals surface area contributed by atoms with Crippen LogP contribution in [0.5, 0.6) is 5.75 Å². The molecule has 1 heterocycles. The highest BCUT2D eigenvalue weighted by Crippen LogP contribution is 2.33. The lowest BCUT2D eigenvalue weighted by atomic mass is 9.92. The minimum Gasteiger partial charge on any atom is -0.493 e. The highest BCUT2D eigenvalue weighted by atomic mass is 16.5. The Morgan fingerprint density at radius 2 is 2.15 bits per heavy atom. The highest BCUT2D eigenvalue weighted by Gasteiger charge is 2.22. The summed E-state index contributed by atoms with van der Waals surface area (Å²) in [6.45, 7) is 11.9. The maximum Gasteiger partial charge on any atom is 0.122 e. The van der Waals surface area contributed by atoms with E-state index in [1.807, 2.05) is 0 Å². The Kier molecular flexibility index (Phi) is 5.86. The van der Waals surface area contributed by atoms with Gasteiger partial charge >= 0.3 is 0 Å². The molecule has 1 unspecified atom stereocenters. The lowest BCUT2D eigenvalue weighted by Crippen LogP contribution is -2.37. The van der Waals surface area contributed by atoms with Crippen molar-refractivity contribution < 1.29 is 4.74 Å². The summed E-state index contributed by atoms with van der Waals surface area (Å²) in [6, 6.07) is 9.07. The van der Waals surface area contributed by atoms with Crippen molar-refractivity contribution in [1.82, 2.24) is 10.2 Å². The van der Waals surface area contributed by atoms with Crippen molar-refractivity contribution in [1.29, 1.82) is 0 Å². The molecular weight excluding hydrogens is 248 g/mol. The molecule has 0 aliphatic carbocycles. The van der Waals surface area contributed by atoms with Crippen LogP contribution < -0.4 is 10.1 Å². The first-order valence-corrected chi connectivity index (χ1v) is 7.88. The number of rotatable bonds is 7. The van der Waals surface area contributed by atoms with E-state index in [1.165, 1.54) is 5.56 Å². The van der Waals surface area contributed by atoms with Crippen LogP contribution in [0.25, 0.3) is 0 Å². The van der Waals surface area contributed by atoms with Gasteiger partial charge in [-0.1, -0.05) is 39.0 Å². The Morgan fingerprint density at radius 3 is 2.90 bits per heavy atom. The van der Waals surface area contributed by atoms with Gasteiger partial charge < -0.3 is 15.0 Å². The Bertz CT molecular complexity index is 406. The van der Waals surface area contributed by atoms with Crippen molar-refractivity contribution in [3.8, 4) is 5.75 Å². The van der Waals surface area contributed by atoms with E-state index in [1.54, 1.807) is 0 Å². The molecule has 3 nitrogen and oxygen atoms in total. The Balaban J connectivity index is 1.91. The standard InChI is InChI=1S/C17H28N2O/c1-4-19(11-10-18-14(2)3)13-15-9-12-20-17-8-6-5-7-16(15)17/h5-8,14-15,18H,4,9-13H2,1-3H3. The second-order valence-corrected chi connectivity index (χ2v) is 5.87. The zero-order valence-electron chi connectivity index (χ0n) is 13.1. The number of likely N-dealkylation sites (N-methyl/N-ethyl adjacent to an activating group) is 1. The largest absolute Gasteiger partial charge is 0.493 e. The van der Waals surface area contributed by atoms with E-state index in [0.717, 1.165) is 45.0 Å². The molecule has 0 radical (unpaired) electrons. The van der Waals surface area contributed by atoms with E-state index < -0.39 is 0 Å². The third kappa shape index (κ3) is 4.22. The Hall–Kier alpha value is -1.06. The van der Waals surface area contributed by atoms with Crippen LogP contribution in [0.2, 0.25) is 0 Å². The summed E-state index contributed by atoms with van der Waals surface area (Å²) in [7, 11) is 0. The van der Waals surface area contributed by atoms with Gasteiger partial charge in [-0.3, -0.25) is 0 Å². The van der Waals surface area contributed by atoms with Gasteiger partial charge in [0.2, 0.25) is 0 Å². The minimum absolute atomic E-state index is 0.567. The molecule has 112 valence electrons. The van der Waals surface area contributed by atoms with Crippen molar-refractivity contribution in [3.05, 3.63) is 29.8 Å². The van der Waals surface area contributed by atoms with E-state index in [2.05, 4.69) is 55.3 Å². The number of fused-ring (bicyclic) bond motifs is 1. The SMILES string of the molecule is CCN(CCNC(C)C)CC1CCOc2ccccc21. The number of para-hydroxylation sites is 1. The number of hydrogen-bond acceptors (Lipinski definition) is 3. The summed E-state index contributed by atoms with van der Waals surface area (Å²) >= 11 is 0. The fourth-order valence-corrected chi connectivity index (χ4v) is 2.81. The zero-order chi connectivity index (χ0) is 14.4. The topological polar surface area (TPSA) is 24.5 Å². The number of nitrogens with zero attached hydrogens (tertiary/aromatic N) is 1. The predicted molar refractivity (Wildman–Crippen MR) is 84.5 cm³/mol. The van der Waals surface area contributed by atoms with E-state index in [-0.39, 0.29) is 0 Å². The van der Waals surface area contributed by atoms with Gasteiger partial charge in [-0.25, -0.2) is 0 Å². The third-order valence-electron chi connectivity index (χ3n) is 3.99. The normalized spacial score (nSPS) is 18.1. The first-order valence-electron chi connectivity index (χ1n) is 7.88. The summed E-state index contributed by atoms with van der Waals surface area (Å²) in [5.74, 6) is 1.69. The lowest BCUT2D eigenvalue weighted by Gasteiger charge is -2.31. The molecule has 0 spiro atoms. The maximum atomic E-state index is 5.75. The van der Waals surface area contributed by atoms with Gasteiger partial charge in [-0.05, 0) is 24.6 Å². The molecule has 1 aliphatic heterocycles. The monoisotopic (exact) mass is 276 g/mol. The molecule has 0 aromatic heterocycles. The molecule has 1 N–H and O–H groups in total. The smallest absolute Gasteiger partial charge is 0.122 e. The second-order valence-electron chi connectivity index (χ2n) is 5.87. The van der Waals surface area contributed by atoms with Gasteiger partial charge in [0, 0.05) is 31.6 Å². The van der Waals surface area contributed by atoms with Gasteiger partial charge in [-0.2, -0.15) is 0 Å². The highest BCUT2D eigenvalue weighted by molar-refractivity contribution is 5.37. The summed E-state index contributed by atoms with van der Waals surface area (Å²) in [5, 5.41) is 3.50. The summed E-state index contributed by atoms with van der Waals surface area (Å²) in [6.07, 6.45) is 1.13. The van der Waals surface area contributed by atoms with Crippen LogP contribution in [0.15, 0.2) is 24.3 Å². The second kappa shape index (κ2) is 7.65. The van der Waals surface area contributed by atoms with Crippen molar-refractivity contribution in [3.63, 3.8) is 0 Å². The van der Waals surface area contributed by atoms with Crippen molar-refractivity contribution in [2.45, 2.75) is 39.2 Å². The molecule has 0 saturated heterocycles. The van der Waals surface area contributed by atoms with Crippen LogP contribution >= 0.6 is 0 Å². The van der Waals surface area contributed by atoms with E-state index in [9.17, 15) is 0 Å². The molecule has 2 rings (SSSR count). The lowest BCUT2D eigenvalue weighted by molar-refractivity contribution is 0.215. The van der Waals surface area contributed by atoms with Gasteiger partial charge in [0.05, 0.1) is 6.61 Å². The molecule has 3 heteroatoms. The molecule has 1 aromatic rings. The molecular formula is C17H28N2O. The van der Waals surface area contributed by atoms with E-state index in [0.29, 0.717) is 12.0 Å². The third-order valence-corrected chi connectivity index (χ3v) is 3.99. The summed E-state index contributed by atoms with van der Waals surface area (Å²) < 4.78 is 5.75. The average Bonchev–Trinajstić information content (AvgIpc) is 2.46. The fraction of sp³-hybridized carbons (Fsp3) is 0.647. The van der Waals surface area contributed by atoms with Gasteiger partial charge in [0.15, 0.2) is 0 Å². The van der Waals surface area contributed by atoms with E-state index in [4.69, 9.17) is 4.74 Å². The molecule has 0 amide bonds. The molecule has 0 saturated carbocycles. The van der Waals surface area contributed by atoms with Crippen LogP contribution in [-0.4, -0.2) is 43.7 Å². The number of ether oxygens (including phenoxy) is 1. The quantitative estimate of drug-likeness (QED) is 0.829. The molecule has 0 bridgehead atoms. The van der Waals surface area contributed by atoms with Crippen molar-refractivity contribution in [2.24, 2.45) is 0 Å². The van der Waals surface area contributed by atoms with Crippen LogP contribution in [0.3, 0.4) is 0 Å². The number of nitrogens with one attached hydrogen (secondary N) is 1. The van der Waals surface area contributed by atoms with Crippen molar-refractivity contribution >= 4 is 0 Å². The molecule has 1 aliphatic rings. The molecule has 1 atom stereocenters. The number of benzene rings is 1. The number of hydrogen-bond donors (Lipinski definition) is 1. The van der Waals surface area contributed by atoms with Gasteiger partial charge in [0.25, 0.3) is 0 Å². The maximum absolute atomic E-state index is 5.75. The molecule has 1 aromatic carbocycles. The van der Waals surface area contributed by atoms with E-state index >= 15 is 0 Å². The van der Waals surface area contributed by atoms with Crippen LogP contribution in [0, 0.1) is 0 Å². The Morgan fingerprint density at radius 1 is 1.35 bits per heavy atom. The summed E-state index contributed by atoms with van der Waals surface area (Å²) in [5.41, 5.74) is 1.38. The first kappa shape index (κ1) is 15.3. The molecule has 20 heavy (non-hydrogen) atoms. The van der Waals surface area contributed by atoms with Crippen LogP contribution in [0.1, 0.15) is 38.7 Å². The van der Waals surface area contributed by atoms with Crippen LogP contribution in [0.4, 0.5) is 0 Å². The van der Waals surface area contributed by atoms with Gasteiger partial charge in [0.1, 0.15) is 5.75 Å². The average molecular weight is 276 g/mol. The zero-order valence-corrected chi connectivity index (χ0v) is 13.1. The van der Waals surface area contributed by atoms with Crippen molar-refractivity contribution in [2.75, 3.05) is 32.8 Å². The fourth-order valence-electron chi connectivity index (χ4n) is 2.81.